The van der Waals surface area contributed by atoms with Crippen LogP contribution < -0.4 is 5.14 Å². The lowest BCUT2D eigenvalue weighted by Crippen LogP contribution is -2.44. The maximum atomic E-state index is 10.9. The fourth-order valence-electron chi connectivity index (χ4n) is 1.35. The molecule has 2 N–H and O–H groups in total. The Morgan fingerprint density at radius 1 is 1.25 bits per heavy atom. The monoisotopic (exact) mass is 192 g/mol. The Kier molecular flexibility index (Phi) is 2.47. The molecule has 1 aliphatic heterocycles. The first-order valence-electron chi connectivity index (χ1n) is 4.09. The largest absolute Gasteiger partial charge is 0.276 e. The molecule has 0 spiro atoms. The maximum Gasteiger partial charge on any atom is 0.276 e. The summed E-state index contributed by atoms with van der Waals surface area (Å²) in [5.41, 5.74) is 0.265. The zero-order valence-corrected chi connectivity index (χ0v) is 8.39. The first kappa shape index (κ1) is 9.95. The van der Waals surface area contributed by atoms with Gasteiger partial charge in [-0.15, -0.1) is 0 Å². The molecule has 1 saturated heterocycles. The van der Waals surface area contributed by atoms with Crippen LogP contribution in [0.2, 0.25) is 0 Å². The van der Waals surface area contributed by atoms with Gasteiger partial charge in [-0.1, -0.05) is 13.8 Å². The standard InChI is InChI=1S/C7H16N2O2S/c1-7(2)3-5-9(6-4-7)12(8,10)11/h3-6H2,1-2H3,(H2,8,10,11). The van der Waals surface area contributed by atoms with Crippen LogP contribution in [0.4, 0.5) is 0 Å². The molecule has 1 aliphatic rings. The second-order valence-corrected chi connectivity index (χ2v) is 5.65. The molecule has 0 unspecified atom stereocenters. The summed E-state index contributed by atoms with van der Waals surface area (Å²) in [6, 6.07) is 0. The van der Waals surface area contributed by atoms with Crippen molar-refractivity contribution >= 4 is 10.2 Å². The van der Waals surface area contributed by atoms with E-state index in [1.165, 1.54) is 4.31 Å². The van der Waals surface area contributed by atoms with Crippen molar-refractivity contribution < 1.29 is 8.42 Å². The summed E-state index contributed by atoms with van der Waals surface area (Å²) in [6.07, 6.45) is 1.78. The maximum absolute atomic E-state index is 10.9. The molecule has 72 valence electrons. The molecule has 5 heteroatoms. The van der Waals surface area contributed by atoms with Crippen molar-refractivity contribution in [3.63, 3.8) is 0 Å². The van der Waals surface area contributed by atoms with E-state index in [0.717, 1.165) is 12.8 Å². The van der Waals surface area contributed by atoms with E-state index in [1.54, 1.807) is 0 Å². The van der Waals surface area contributed by atoms with Crippen LogP contribution in [0, 0.1) is 5.41 Å². The second kappa shape index (κ2) is 2.97. The summed E-state index contributed by atoms with van der Waals surface area (Å²) >= 11 is 0. The molecule has 0 atom stereocenters. The minimum Gasteiger partial charge on any atom is -0.216 e. The highest BCUT2D eigenvalue weighted by Crippen LogP contribution is 2.30. The molecule has 0 aromatic rings. The molecule has 0 bridgehead atoms. The fraction of sp³-hybridized carbons (Fsp3) is 1.00. The summed E-state index contributed by atoms with van der Waals surface area (Å²) in [5, 5.41) is 5.00. The smallest absolute Gasteiger partial charge is 0.216 e. The van der Waals surface area contributed by atoms with Gasteiger partial charge in [-0.25, -0.2) is 5.14 Å². The van der Waals surface area contributed by atoms with Crippen LogP contribution >= 0.6 is 0 Å². The minimum atomic E-state index is -3.44. The van der Waals surface area contributed by atoms with E-state index in [0.29, 0.717) is 13.1 Å². The van der Waals surface area contributed by atoms with Gasteiger partial charge in [-0.05, 0) is 18.3 Å². The lowest BCUT2D eigenvalue weighted by atomic mass is 9.83. The summed E-state index contributed by atoms with van der Waals surface area (Å²) in [6.45, 7) is 5.42. The van der Waals surface area contributed by atoms with Crippen LogP contribution in [0.15, 0.2) is 0 Å². The van der Waals surface area contributed by atoms with E-state index in [2.05, 4.69) is 13.8 Å². The van der Waals surface area contributed by atoms with Gasteiger partial charge >= 0.3 is 0 Å². The normalized spacial score (nSPS) is 25.6. The fourth-order valence-corrected chi connectivity index (χ4v) is 2.04. The van der Waals surface area contributed by atoms with Gasteiger partial charge in [0.25, 0.3) is 10.2 Å². The summed E-state index contributed by atoms with van der Waals surface area (Å²) in [7, 11) is -3.44. The van der Waals surface area contributed by atoms with E-state index in [1.807, 2.05) is 0 Å². The van der Waals surface area contributed by atoms with Crippen LogP contribution in [0.3, 0.4) is 0 Å². The second-order valence-electron chi connectivity index (χ2n) is 4.11. The summed E-state index contributed by atoms with van der Waals surface area (Å²) in [4.78, 5) is 0. The third-order valence-corrected chi connectivity index (χ3v) is 3.52. The summed E-state index contributed by atoms with van der Waals surface area (Å²) in [5.74, 6) is 0. The molecule has 0 amide bonds. The molecule has 0 aliphatic carbocycles. The Hall–Kier alpha value is -0.130. The lowest BCUT2D eigenvalue weighted by Gasteiger charge is -2.34. The number of nitrogens with zero attached hydrogens (tertiary/aromatic N) is 1. The van der Waals surface area contributed by atoms with E-state index in [4.69, 9.17) is 5.14 Å². The molecule has 1 heterocycles. The van der Waals surface area contributed by atoms with Gasteiger partial charge in [-0.2, -0.15) is 12.7 Å². The average Bonchev–Trinajstić information content (AvgIpc) is 1.83. The quantitative estimate of drug-likeness (QED) is 0.650. The zero-order valence-electron chi connectivity index (χ0n) is 7.58. The Bertz CT molecular complexity index is 249. The van der Waals surface area contributed by atoms with Crippen LogP contribution in [-0.4, -0.2) is 25.8 Å². The topological polar surface area (TPSA) is 63.4 Å². The molecule has 0 aromatic heterocycles. The van der Waals surface area contributed by atoms with Gasteiger partial charge in [0.15, 0.2) is 0 Å². The van der Waals surface area contributed by atoms with Gasteiger partial charge in [0.2, 0.25) is 0 Å². The van der Waals surface area contributed by atoms with E-state index < -0.39 is 10.2 Å². The molecule has 0 radical (unpaired) electrons. The third-order valence-electron chi connectivity index (χ3n) is 2.44. The SMILES string of the molecule is CC1(C)CCN(S(N)(=O)=O)CC1. The lowest BCUT2D eigenvalue weighted by molar-refractivity contribution is 0.196. The third kappa shape index (κ3) is 2.43. The van der Waals surface area contributed by atoms with Crippen LogP contribution in [-0.2, 0) is 10.2 Å². The molecular weight excluding hydrogens is 176 g/mol. The summed E-state index contributed by atoms with van der Waals surface area (Å²) < 4.78 is 23.1. The molecule has 0 aromatic carbocycles. The van der Waals surface area contributed by atoms with Gasteiger partial charge in [0, 0.05) is 13.1 Å². The highest BCUT2D eigenvalue weighted by molar-refractivity contribution is 7.86. The average molecular weight is 192 g/mol. The van der Waals surface area contributed by atoms with E-state index >= 15 is 0 Å². The predicted octanol–water partition coefficient (Wildman–Crippen LogP) is 0.312. The van der Waals surface area contributed by atoms with Gasteiger partial charge in [0.05, 0.1) is 0 Å². The van der Waals surface area contributed by atoms with Crippen molar-refractivity contribution in [2.24, 2.45) is 10.6 Å². The highest BCUT2D eigenvalue weighted by Gasteiger charge is 2.29. The highest BCUT2D eigenvalue weighted by atomic mass is 32.2. The van der Waals surface area contributed by atoms with Gasteiger partial charge in [0.1, 0.15) is 0 Å². The Morgan fingerprint density at radius 2 is 1.67 bits per heavy atom. The van der Waals surface area contributed by atoms with Crippen molar-refractivity contribution in [1.82, 2.24) is 4.31 Å². The number of hydrogen-bond donors (Lipinski definition) is 1. The molecule has 0 saturated carbocycles. The van der Waals surface area contributed by atoms with Gasteiger partial charge < -0.3 is 0 Å². The number of piperidine rings is 1. The molecule has 1 fully saturated rings. The van der Waals surface area contributed by atoms with Crippen LogP contribution in [0.5, 0.6) is 0 Å². The molecular formula is C7H16N2O2S. The molecule has 4 nitrogen and oxygen atoms in total. The first-order valence-corrected chi connectivity index (χ1v) is 5.59. The Labute approximate surface area is 73.9 Å². The molecule has 1 rings (SSSR count). The minimum absolute atomic E-state index is 0.265. The van der Waals surface area contributed by atoms with E-state index in [9.17, 15) is 8.42 Å². The van der Waals surface area contributed by atoms with Crippen molar-refractivity contribution in [1.29, 1.82) is 0 Å². The van der Waals surface area contributed by atoms with Crippen molar-refractivity contribution in [3.05, 3.63) is 0 Å². The van der Waals surface area contributed by atoms with E-state index in [-0.39, 0.29) is 5.41 Å². The Balaban J connectivity index is 2.59. The number of hydrogen-bond acceptors (Lipinski definition) is 2. The zero-order chi connectivity index (χ0) is 9.41. The molecule has 12 heavy (non-hydrogen) atoms. The van der Waals surface area contributed by atoms with Crippen molar-refractivity contribution in [2.45, 2.75) is 26.7 Å². The van der Waals surface area contributed by atoms with Crippen LogP contribution in [0.25, 0.3) is 0 Å². The van der Waals surface area contributed by atoms with Gasteiger partial charge in [-0.3, -0.25) is 0 Å². The predicted molar refractivity (Wildman–Crippen MR) is 47.7 cm³/mol. The van der Waals surface area contributed by atoms with Crippen molar-refractivity contribution in [2.75, 3.05) is 13.1 Å². The first-order chi connectivity index (χ1) is 5.31. The number of nitrogens with two attached hydrogens (primary N) is 1. The van der Waals surface area contributed by atoms with Crippen molar-refractivity contribution in [3.8, 4) is 0 Å². The van der Waals surface area contributed by atoms with Crippen LogP contribution in [0.1, 0.15) is 26.7 Å². The number of rotatable bonds is 1. The Morgan fingerprint density at radius 3 is 2.00 bits per heavy atom.